The number of nitrogens with zero attached hydrogens (tertiary/aromatic N) is 3. The molecule has 3 rings (SSSR count). The number of rotatable bonds is 2. The zero-order valence-corrected chi connectivity index (χ0v) is 12.6. The van der Waals surface area contributed by atoms with Crippen LogP contribution in [0.5, 0.6) is 0 Å². The molecule has 1 aliphatic heterocycles. The molecule has 3 heterocycles. The van der Waals surface area contributed by atoms with Crippen LogP contribution < -0.4 is 5.32 Å². The Hall–Kier alpha value is -1.68. The van der Waals surface area contributed by atoms with E-state index in [2.05, 4.69) is 48.6 Å². The van der Waals surface area contributed by atoms with Gasteiger partial charge >= 0.3 is 0 Å². The van der Waals surface area contributed by atoms with Gasteiger partial charge in [0.1, 0.15) is 5.82 Å². The van der Waals surface area contributed by atoms with E-state index in [1.807, 2.05) is 12.3 Å². The molecular formula is C16H22N4. The van der Waals surface area contributed by atoms with Crippen LogP contribution in [0.3, 0.4) is 0 Å². The molecule has 1 aliphatic rings. The van der Waals surface area contributed by atoms with Crippen LogP contribution in [0.1, 0.15) is 49.9 Å². The molecule has 0 amide bonds. The molecule has 4 heteroatoms. The van der Waals surface area contributed by atoms with Crippen LogP contribution in [-0.2, 0) is 6.54 Å². The number of fused-ring (bicyclic) bond motifs is 1. The number of hydrogen-bond donors (Lipinski definition) is 1. The Balaban J connectivity index is 2.21. The summed E-state index contributed by atoms with van der Waals surface area (Å²) in [7, 11) is 0. The lowest BCUT2D eigenvalue weighted by molar-refractivity contribution is 0.443. The van der Waals surface area contributed by atoms with Crippen molar-refractivity contribution < 1.29 is 0 Å². The summed E-state index contributed by atoms with van der Waals surface area (Å²) in [5, 5.41) is 3.53. The first-order valence-corrected chi connectivity index (χ1v) is 7.35. The Labute approximate surface area is 120 Å². The van der Waals surface area contributed by atoms with Crippen LogP contribution in [0.4, 0.5) is 0 Å². The average molecular weight is 270 g/mol. The molecule has 1 unspecified atom stereocenters. The molecule has 1 atom stereocenters. The second-order valence-corrected chi connectivity index (χ2v) is 5.81. The molecule has 0 saturated carbocycles. The van der Waals surface area contributed by atoms with Crippen molar-refractivity contribution >= 4 is 0 Å². The van der Waals surface area contributed by atoms with Gasteiger partial charge in [-0.05, 0) is 31.9 Å². The van der Waals surface area contributed by atoms with E-state index in [0.717, 1.165) is 30.3 Å². The van der Waals surface area contributed by atoms with E-state index in [-0.39, 0.29) is 0 Å². The van der Waals surface area contributed by atoms with E-state index in [9.17, 15) is 0 Å². The normalized spacial score (nSPS) is 18.4. The number of aromatic nitrogens is 3. The van der Waals surface area contributed by atoms with Crippen molar-refractivity contribution in [3.8, 4) is 11.3 Å². The van der Waals surface area contributed by atoms with Gasteiger partial charge in [0.25, 0.3) is 0 Å². The fourth-order valence-corrected chi connectivity index (χ4v) is 3.07. The van der Waals surface area contributed by atoms with Crippen LogP contribution in [-0.4, -0.2) is 21.1 Å². The van der Waals surface area contributed by atoms with Gasteiger partial charge in [-0.3, -0.25) is 4.98 Å². The maximum absolute atomic E-state index is 4.84. The minimum absolute atomic E-state index is 0.333. The Morgan fingerprint density at radius 3 is 2.95 bits per heavy atom. The first kappa shape index (κ1) is 13.3. The summed E-state index contributed by atoms with van der Waals surface area (Å²) in [4.78, 5) is 9.41. The molecule has 0 saturated heterocycles. The highest BCUT2D eigenvalue weighted by molar-refractivity contribution is 5.66. The molecule has 0 spiro atoms. The third-order valence-electron chi connectivity index (χ3n) is 4.03. The van der Waals surface area contributed by atoms with E-state index in [1.165, 1.54) is 11.3 Å². The Morgan fingerprint density at radius 2 is 2.20 bits per heavy atom. The lowest BCUT2D eigenvalue weighted by Gasteiger charge is -2.25. The standard InChI is InChI=1S/C16H22N4/c1-10(2)14-13(6-5-7-18-14)15-16-11(3)17-8-9-20(16)12(4)19-15/h5-7,10-11,17H,8-9H2,1-4H3. The molecule has 2 aromatic rings. The molecule has 1 N–H and O–H groups in total. The van der Waals surface area contributed by atoms with Crippen LogP contribution >= 0.6 is 0 Å². The minimum Gasteiger partial charge on any atom is -0.329 e. The second kappa shape index (κ2) is 5.02. The molecular weight excluding hydrogens is 248 g/mol. The van der Waals surface area contributed by atoms with Crippen molar-refractivity contribution in [2.45, 2.75) is 46.2 Å². The maximum Gasteiger partial charge on any atom is 0.106 e. The van der Waals surface area contributed by atoms with Crippen LogP contribution in [0.15, 0.2) is 18.3 Å². The third-order valence-corrected chi connectivity index (χ3v) is 4.03. The molecule has 4 nitrogen and oxygen atoms in total. The summed E-state index contributed by atoms with van der Waals surface area (Å²) in [6.07, 6.45) is 1.87. The molecule has 0 fully saturated rings. The summed E-state index contributed by atoms with van der Waals surface area (Å²) in [5.74, 6) is 1.50. The van der Waals surface area contributed by atoms with Crippen molar-refractivity contribution in [1.29, 1.82) is 0 Å². The monoisotopic (exact) mass is 270 g/mol. The number of aryl methyl sites for hydroxylation is 1. The third kappa shape index (κ3) is 2.04. The van der Waals surface area contributed by atoms with Gasteiger partial charge in [0.15, 0.2) is 0 Å². The summed E-state index contributed by atoms with van der Waals surface area (Å²) in [5.41, 5.74) is 4.70. The first-order valence-electron chi connectivity index (χ1n) is 7.35. The van der Waals surface area contributed by atoms with Crippen molar-refractivity contribution in [2.24, 2.45) is 0 Å². The summed E-state index contributed by atoms with van der Waals surface area (Å²) < 4.78 is 2.34. The topological polar surface area (TPSA) is 42.7 Å². The first-order chi connectivity index (χ1) is 9.59. The predicted molar refractivity (Wildman–Crippen MR) is 80.7 cm³/mol. The summed E-state index contributed by atoms with van der Waals surface area (Å²) in [6.45, 7) is 10.7. The predicted octanol–water partition coefficient (Wildman–Crippen LogP) is 3.04. The summed E-state index contributed by atoms with van der Waals surface area (Å²) in [6, 6.07) is 4.48. The van der Waals surface area contributed by atoms with Crippen molar-refractivity contribution in [1.82, 2.24) is 19.9 Å². The minimum atomic E-state index is 0.333. The van der Waals surface area contributed by atoms with Crippen molar-refractivity contribution in [3.05, 3.63) is 35.5 Å². The number of pyridine rings is 1. The van der Waals surface area contributed by atoms with Gasteiger partial charge in [-0.15, -0.1) is 0 Å². The van der Waals surface area contributed by atoms with Crippen molar-refractivity contribution in [3.63, 3.8) is 0 Å². The Kier molecular flexibility index (Phi) is 3.34. The fourth-order valence-electron chi connectivity index (χ4n) is 3.07. The molecule has 2 aromatic heterocycles. The Morgan fingerprint density at radius 1 is 1.40 bits per heavy atom. The highest BCUT2D eigenvalue weighted by atomic mass is 15.2. The Bertz CT molecular complexity index is 627. The van der Waals surface area contributed by atoms with Crippen molar-refractivity contribution in [2.75, 3.05) is 6.54 Å². The van der Waals surface area contributed by atoms with E-state index in [1.54, 1.807) is 0 Å². The van der Waals surface area contributed by atoms with Gasteiger partial charge in [0, 0.05) is 30.9 Å². The fraction of sp³-hybridized carbons (Fsp3) is 0.500. The molecule has 0 radical (unpaired) electrons. The lowest BCUT2D eigenvalue weighted by atomic mass is 9.98. The van der Waals surface area contributed by atoms with Crippen LogP contribution in [0.25, 0.3) is 11.3 Å². The van der Waals surface area contributed by atoms with Gasteiger partial charge < -0.3 is 9.88 Å². The summed E-state index contributed by atoms with van der Waals surface area (Å²) >= 11 is 0. The van der Waals surface area contributed by atoms with Gasteiger partial charge in [0.2, 0.25) is 0 Å². The largest absolute Gasteiger partial charge is 0.329 e. The van der Waals surface area contributed by atoms with Gasteiger partial charge in [-0.2, -0.15) is 0 Å². The second-order valence-electron chi connectivity index (χ2n) is 5.81. The average Bonchev–Trinajstić information content (AvgIpc) is 2.78. The quantitative estimate of drug-likeness (QED) is 0.912. The molecule has 0 bridgehead atoms. The lowest BCUT2D eigenvalue weighted by Crippen LogP contribution is -2.32. The van der Waals surface area contributed by atoms with Gasteiger partial charge in [-0.25, -0.2) is 4.98 Å². The van der Waals surface area contributed by atoms with E-state index in [0.29, 0.717) is 12.0 Å². The van der Waals surface area contributed by atoms with Gasteiger partial charge in [-0.1, -0.05) is 13.8 Å². The van der Waals surface area contributed by atoms with Gasteiger partial charge in [0.05, 0.1) is 17.1 Å². The van der Waals surface area contributed by atoms with Crippen LogP contribution in [0.2, 0.25) is 0 Å². The van der Waals surface area contributed by atoms with E-state index in [4.69, 9.17) is 4.98 Å². The number of hydrogen-bond acceptors (Lipinski definition) is 3. The van der Waals surface area contributed by atoms with E-state index < -0.39 is 0 Å². The number of nitrogens with one attached hydrogen (secondary N) is 1. The highest BCUT2D eigenvalue weighted by Crippen LogP contribution is 2.34. The molecule has 20 heavy (non-hydrogen) atoms. The van der Waals surface area contributed by atoms with Crippen LogP contribution in [0, 0.1) is 6.92 Å². The highest BCUT2D eigenvalue weighted by Gasteiger charge is 2.25. The molecule has 106 valence electrons. The smallest absolute Gasteiger partial charge is 0.106 e. The zero-order valence-electron chi connectivity index (χ0n) is 12.6. The zero-order chi connectivity index (χ0) is 14.3. The SMILES string of the molecule is Cc1nc(-c2cccnc2C(C)C)c2n1CCNC2C. The molecule has 0 aromatic carbocycles. The number of imidazole rings is 1. The maximum atomic E-state index is 4.84. The van der Waals surface area contributed by atoms with E-state index >= 15 is 0 Å². The molecule has 0 aliphatic carbocycles.